The first-order valence-electron chi connectivity index (χ1n) is 6.62. The summed E-state index contributed by atoms with van der Waals surface area (Å²) in [6.07, 6.45) is 9.42. The number of nitrogens with zero attached hydrogens (tertiary/aromatic N) is 2. The highest BCUT2D eigenvalue weighted by Crippen LogP contribution is 2.39. The van der Waals surface area contributed by atoms with Gasteiger partial charge in [0.05, 0.1) is 25.5 Å². The molecule has 0 amide bonds. The van der Waals surface area contributed by atoms with E-state index in [0.29, 0.717) is 6.04 Å². The molecule has 94 valence electrons. The van der Waals surface area contributed by atoms with Crippen LogP contribution in [0.4, 0.5) is 0 Å². The fourth-order valence-electron chi connectivity index (χ4n) is 2.85. The molecule has 4 heteroatoms. The fourth-order valence-corrected chi connectivity index (χ4v) is 2.85. The maximum Gasteiger partial charge on any atom is 0.168 e. The van der Waals surface area contributed by atoms with E-state index in [0.717, 1.165) is 45.3 Å². The number of aromatic nitrogens is 2. The molecule has 2 heterocycles. The number of ether oxygens (including phenoxy) is 2. The summed E-state index contributed by atoms with van der Waals surface area (Å²) in [6.45, 7) is 3.68. The monoisotopic (exact) mass is 236 g/mol. The molecule has 0 atom stereocenters. The normalized spacial score (nSPS) is 24.5. The molecule has 4 nitrogen and oxygen atoms in total. The van der Waals surface area contributed by atoms with Crippen molar-refractivity contribution in [2.45, 2.75) is 50.9 Å². The van der Waals surface area contributed by atoms with Gasteiger partial charge in [-0.3, -0.25) is 4.68 Å². The standard InChI is InChI=1S/C13H20N2O2/c1-2-11-9-14-15(10-11)12-3-5-13(6-4-12)16-7-8-17-13/h9-10,12H,2-8H2,1H3. The molecule has 2 fully saturated rings. The van der Waals surface area contributed by atoms with E-state index >= 15 is 0 Å². The summed E-state index contributed by atoms with van der Waals surface area (Å²) in [5, 5.41) is 4.46. The first kappa shape index (κ1) is 11.2. The van der Waals surface area contributed by atoms with Gasteiger partial charge in [-0.2, -0.15) is 5.10 Å². The number of aryl methyl sites for hydroxylation is 1. The highest BCUT2D eigenvalue weighted by molar-refractivity contribution is 5.04. The predicted octanol–water partition coefficient (Wildman–Crippen LogP) is 2.30. The molecule has 0 N–H and O–H groups in total. The van der Waals surface area contributed by atoms with E-state index in [2.05, 4.69) is 22.9 Å². The molecular weight excluding hydrogens is 216 g/mol. The van der Waals surface area contributed by atoms with Crippen LogP contribution in [0, 0.1) is 0 Å². The van der Waals surface area contributed by atoms with Crippen LogP contribution in [0.2, 0.25) is 0 Å². The second kappa shape index (κ2) is 4.42. The first-order valence-corrected chi connectivity index (χ1v) is 6.62. The van der Waals surface area contributed by atoms with Crippen LogP contribution in [0.5, 0.6) is 0 Å². The minimum atomic E-state index is -0.253. The van der Waals surface area contributed by atoms with Crippen LogP contribution in [-0.2, 0) is 15.9 Å². The Kier molecular flexibility index (Phi) is 2.92. The number of rotatable bonds is 2. The highest BCUT2D eigenvalue weighted by atomic mass is 16.7. The lowest BCUT2D eigenvalue weighted by Crippen LogP contribution is -2.35. The molecule has 1 aliphatic carbocycles. The van der Waals surface area contributed by atoms with Crippen molar-refractivity contribution in [1.29, 1.82) is 0 Å². The summed E-state index contributed by atoms with van der Waals surface area (Å²) in [7, 11) is 0. The lowest BCUT2D eigenvalue weighted by atomic mass is 9.90. The van der Waals surface area contributed by atoms with Gasteiger partial charge in [0, 0.05) is 19.0 Å². The third-order valence-corrected chi connectivity index (χ3v) is 3.97. The molecule has 2 aliphatic rings. The minimum Gasteiger partial charge on any atom is -0.348 e. The Morgan fingerprint density at radius 3 is 2.65 bits per heavy atom. The van der Waals surface area contributed by atoms with Gasteiger partial charge in [-0.25, -0.2) is 0 Å². The van der Waals surface area contributed by atoms with Crippen LogP contribution in [0.1, 0.15) is 44.2 Å². The van der Waals surface area contributed by atoms with Crippen LogP contribution in [0.25, 0.3) is 0 Å². The van der Waals surface area contributed by atoms with Crippen molar-refractivity contribution in [3.8, 4) is 0 Å². The van der Waals surface area contributed by atoms with E-state index in [9.17, 15) is 0 Å². The van der Waals surface area contributed by atoms with Gasteiger partial charge in [0.1, 0.15) is 0 Å². The van der Waals surface area contributed by atoms with Crippen LogP contribution < -0.4 is 0 Å². The quantitative estimate of drug-likeness (QED) is 0.790. The van der Waals surface area contributed by atoms with E-state index in [4.69, 9.17) is 9.47 Å². The van der Waals surface area contributed by atoms with Crippen LogP contribution in [0.3, 0.4) is 0 Å². The molecule has 1 spiro atoms. The zero-order chi connectivity index (χ0) is 11.7. The van der Waals surface area contributed by atoms with Crippen molar-refractivity contribution in [2.24, 2.45) is 0 Å². The van der Waals surface area contributed by atoms with Gasteiger partial charge in [0.2, 0.25) is 0 Å². The Hall–Kier alpha value is -0.870. The van der Waals surface area contributed by atoms with Gasteiger partial charge in [-0.15, -0.1) is 0 Å². The largest absolute Gasteiger partial charge is 0.348 e. The number of hydrogen-bond acceptors (Lipinski definition) is 3. The molecule has 0 aromatic carbocycles. The molecular formula is C13H20N2O2. The Labute approximate surface area is 102 Å². The second-order valence-corrected chi connectivity index (χ2v) is 5.02. The maximum atomic E-state index is 5.74. The molecule has 17 heavy (non-hydrogen) atoms. The summed E-state index contributed by atoms with van der Waals surface area (Å²) in [5.74, 6) is -0.253. The lowest BCUT2D eigenvalue weighted by molar-refractivity contribution is -0.181. The summed E-state index contributed by atoms with van der Waals surface area (Å²) in [5.41, 5.74) is 1.32. The van der Waals surface area contributed by atoms with Gasteiger partial charge in [-0.05, 0) is 24.8 Å². The molecule has 1 aromatic rings. The zero-order valence-electron chi connectivity index (χ0n) is 10.4. The van der Waals surface area contributed by atoms with E-state index in [1.165, 1.54) is 5.56 Å². The van der Waals surface area contributed by atoms with E-state index < -0.39 is 0 Å². The topological polar surface area (TPSA) is 36.3 Å². The average Bonchev–Trinajstić information content (AvgIpc) is 3.00. The summed E-state index contributed by atoms with van der Waals surface area (Å²) in [4.78, 5) is 0. The van der Waals surface area contributed by atoms with Crippen molar-refractivity contribution in [3.63, 3.8) is 0 Å². The Morgan fingerprint density at radius 2 is 2.06 bits per heavy atom. The van der Waals surface area contributed by atoms with E-state index in [-0.39, 0.29) is 5.79 Å². The summed E-state index contributed by atoms with van der Waals surface area (Å²) < 4.78 is 13.6. The maximum absolute atomic E-state index is 5.74. The Balaban J connectivity index is 1.64. The SMILES string of the molecule is CCc1cnn(C2CCC3(CC2)OCCO3)c1. The Morgan fingerprint density at radius 1 is 1.35 bits per heavy atom. The lowest BCUT2D eigenvalue weighted by Gasteiger charge is -2.35. The fraction of sp³-hybridized carbons (Fsp3) is 0.769. The van der Waals surface area contributed by atoms with Gasteiger partial charge in [0.25, 0.3) is 0 Å². The predicted molar refractivity (Wildman–Crippen MR) is 63.7 cm³/mol. The van der Waals surface area contributed by atoms with Crippen molar-refractivity contribution in [2.75, 3.05) is 13.2 Å². The van der Waals surface area contributed by atoms with Gasteiger partial charge < -0.3 is 9.47 Å². The van der Waals surface area contributed by atoms with Gasteiger partial charge in [-0.1, -0.05) is 6.92 Å². The van der Waals surface area contributed by atoms with Crippen LogP contribution in [-0.4, -0.2) is 28.8 Å². The van der Waals surface area contributed by atoms with Crippen LogP contribution >= 0.6 is 0 Å². The molecule has 0 radical (unpaired) electrons. The summed E-state index contributed by atoms with van der Waals surface area (Å²) >= 11 is 0. The van der Waals surface area contributed by atoms with Crippen molar-refractivity contribution >= 4 is 0 Å². The van der Waals surface area contributed by atoms with Gasteiger partial charge >= 0.3 is 0 Å². The molecule has 1 saturated heterocycles. The molecule has 3 rings (SSSR count). The third-order valence-electron chi connectivity index (χ3n) is 3.97. The van der Waals surface area contributed by atoms with Crippen molar-refractivity contribution in [3.05, 3.63) is 18.0 Å². The van der Waals surface area contributed by atoms with E-state index in [1.54, 1.807) is 0 Å². The third kappa shape index (κ3) is 2.11. The first-order chi connectivity index (χ1) is 8.31. The molecule has 1 aliphatic heterocycles. The smallest absolute Gasteiger partial charge is 0.168 e. The zero-order valence-corrected chi connectivity index (χ0v) is 10.4. The molecule has 0 unspecified atom stereocenters. The average molecular weight is 236 g/mol. The Bertz CT molecular complexity index is 373. The van der Waals surface area contributed by atoms with Crippen LogP contribution in [0.15, 0.2) is 12.4 Å². The molecule has 1 saturated carbocycles. The number of hydrogen-bond donors (Lipinski definition) is 0. The molecule has 0 bridgehead atoms. The van der Waals surface area contributed by atoms with Gasteiger partial charge in [0.15, 0.2) is 5.79 Å². The van der Waals surface area contributed by atoms with Crippen molar-refractivity contribution < 1.29 is 9.47 Å². The highest BCUT2D eigenvalue weighted by Gasteiger charge is 2.40. The molecule has 1 aromatic heterocycles. The van der Waals surface area contributed by atoms with Crippen molar-refractivity contribution in [1.82, 2.24) is 9.78 Å². The summed E-state index contributed by atoms with van der Waals surface area (Å²) in [6, 6.07) is 0.522. The van der Waals surface area contributed by atoms with E-state index in [1.807, 2.05) is 6.20 Å². The minimum absolute atomic E-state index is 0.253. The second-order valence-electron chi connectivity index (χ2n) is 5.02.